The molecule has 0 saturated heterocycles. The fourth-order valence-electron chi connectivity index (χ4n) is 4.45. The molecule has 0 unspecified atom stereocenters. The van der Waals surface area contributed by atoms with Gasteiger partial charge in [-0.2, -0.15) is 0 Å². The van der Waals surface area contributed by atoms with Crippen molar-refractivity contribution in [1.29, 1.82) is 0 Å². The summed E-state index contributed by atoms with van der Waals surface area (Å²) in [6.45, 7) is 8.41. The minimum atomic E-state index is -0.221. The minimum absolute atomic E-state index is 0.0332. The predicted octanol–water partition coefficient (Wildman–Crippen LogP) is 4.91. The van der Waals surface area contributed by atoms with Gasteiger partial charge in [-0.25, -0.2) is 0 Å². The van der Waals surface area contributed by atoms with Gasteiger partial charge in [-0.3, -0.25) is 9.59 Å². The zero-order chi connectivity index (χ0) is 19.8. The third-order valence-corrected chi connectivity index (χ3v) is 5.85. The van der Waals surface area contributed by atoms with Crippen LogP contribution in [-0.4, -0.2) is 30.4 Å². The normalized spacial score (nSPS) is 25.5. The summed E-state index contributed by atoms with van der Waals surface area (Å²) in [5.74, 6) is 0.738. The molecule has 2 aliphatic rings. The van der Waals surface area contributed by atoms with Gasteiger partial charge < -0.3 is 9.47 Å². The summed E-state index contributed by atoms with van der Waals surface area (Å²) in [7, 11) is 1.58. The predicted molar refractivity (Wildman–Crippen MR) is 105 cm³/mol. The maximum absolute atomic E-state index is 12.9. The van der Waals surface area contributed by atoms with Crippen LogP contribution in [0.4, 0.5) is 0 Å². The van der Waals surface area contributed by atoms with E-state index in [1.165, 1.54) is 0 Å². The number of Topliss-reactive ketones (excluding diaryl/α,β-unsaturated/α-hetero) is 2. The van der Waals surface area contributed by atoms with Crippen molar-refractivity contribution in [2.75, 3.05) is 7.11 Å². The summed E-state index contributed by atoms with van der Waals surface area (Å²) in [6.07, 6.45) is 3.31. The van der Waals surface area contributed by atoms with Gasteiger partial charge in [-0.1, -0.05) is 24.6 Å². The van der Waals surface area contributed by atoms with E-state index in [0.29, 0.717) is 17.7 Å². The number of fused-ring (bicyclic) bond motifs is 1. The third kappa shape index (κ3) is 4.01. The Morgan fingerprint density at radius 1 is 1.26 bits per heavy atom. The van der Waals surface area contributed by atoms with Crippen LogP contribution in [0.25, 0.3) is 0 Å². The molecule has 1 aromatic rings. The van der Waals surface area contributed by atoms with Gasteiger partial charge in [0.05, 0.1) is 18.8 Å². The first kappa shape index (κ1) is 19.8. The maximum Gasteiger partial charge on any atom is 0.167 e. The van der Waals surface area contributed by atoms with Gasteiger partial charge in [0.1, 0.15) is 5.75 Å². The zero-order valence-electron chi connectivity index (χ0n) is 17.1. The number of methoxy groups -OCH3 is 1. The Hall–Kier alpha value is -1.94. The Bertz CT molecular complexity index is 784. The van der Waals surface area contributed by atoms with Crippen molar-refractivity contribution in [1.82, 2.24) is 0 Å². The summed E-state index contributed by atoms with van der Waals surface area (Å²) in [5.41, 5.74) is 2.08. The molecule has 27 heavy (non-hydrogen) atoms. The molecule has 1 aromatic carbocycles. The highest BCUT2D eigenvalue weighted by Gasteiger charge is 2.49. The fourth-order valence-corrected chi connectivity index (χ4v) is 4.45. The van der Waals surface area contributed by atoms with Crippen LogP contribution in [0.1, 0.15) is 70.2 Å². The van der Waals surface area contributed by atoms with Crippen LogP contribution in [0.2, 0.25) is 0 Å². The second kappa shape index (κ2) is 7.23. The van der Waals surface area contributed by atoms with Crippen LogP contribution in [0.3, 0.4) is 0 Å². The number of carbonyl (C=O) groups excluding carboxylic acids is 2. The Morgan fingerprint density at radius 2 is 2.00 bits per heavy atom. The van der Waals surface area contributed by atoms with Crippen molar-refractivity contribution in [2.24, 2.45) is 5.41 Å². The average Bonchev–Trinajstić information content (AvgIpc) is 2.93. The quantitative estimate of drug-likeness (QED) is 0.691. The standard InChI is InChI=1S/C23H30O4/c1-22(2,3)27-21-10-9-18-17(19(24)11-12-23(18,21)4)14-20(25)15-7-6-8-16(13-15)26-5/h6-8,13,21H,9-12,14H2,1-5H3/t21-,23-/m0/s1. The van der Waals surface area contributed by atoms with E-state index in [2.05, 4.69) is 27.7 Å². The number of benzene rings is 1. The number of allylic oxidation sites excluding steroid dienone is 1. The second-order valence-electron chi connectivity index (χ2n) is 8.89. The van der Waals surface area contributed by atoms with Crippen LogP contribution < -0.4 is 4.74 Å². The summed E-state index contributed by atoms with van der Waals surface area (Å²) >= 11 is 0. The van der Waals surface area contributed by atoms with E-state index < -0.39 is 0 Å². The number of rotatable bonds is 5. The number of ether oxygens (including phenoxy) is 2. The lowest BCUT2D eigenvalue weighted by Gasteiger charge is -2.40. The Labute approximate surface area is 161 Å². The lowest BCUT2D eigenvalue weighted by molar-refractivity contribution is -0.120. The van der Waals surface area contributed by atoms with Crippen molar-refractivity contribution in [2.45, 2.75) is 71.5 Å². The van der Waals surface area contributed by atoms with Crippen LogP contribution in [0.5, 0.6) is 5.75 Å². The van der Waals surface area contributed by atoms with E-state index >= 15 is 0 Å². The third-order valence-electron chi connectivity index (χ3n) is 5.85. The molecule has 2 atom stereocenters. The van der Waals surface area contributed by atoms with Crippen molar-refractivity contribution in [3.05, 3.63) is 41.0 Å². The van der Waals surface area contributed by atoms with E-state index in [1.54, 1.807) is 25.3 Å². The van der Waals surface area contributed by atoms with Crippen molar-refractivity contribution < 1.29 is 19.1 Å². The topological polar surface area (TPSA) is 52.6 Å². The minimum Gasteiger partial charge on any atom is -0.497 e. The summed E-state index contributed by atoms with van der Waals surface area (Å²) in [6, 6.07) is 7.13. The molecule has 1 fully saturated rings. The SMILES string of the molecule is COc1cccc(C(=O)CC2=C3CC[C@H](OC(C)(C)C)[C@@]3(C)CCC2=O)c1. The Balaban J connectivity index is 1.89. The first-order valence-electron chi connectivity index (χ1n) is 9.75. The second-order valence-corrected chi connectivity index (χ2v) is 8.89. The van der Waals surface area contributed by atoms with Crippen molar-refractivity contribution >= 4 is 11.6 Å². The van der Waals surface area contributed by atoms with Crippen LogP contribution in [0.15, 0.2) is 35.4 Å². The van der Waals surface area contributed by atoms with Gasteiger partial charge >= 0.3 is 0 Å². The highest BCUT2D eigenvalue weighted by Crippen LogP contribution is 2.53. The highest BCUT2D eigenvalue weighted by molar-refractivity contribution is 6.07. The molecular weight excluding hydrogens is 340 g/mol. The van der Waals surface area contributed by atoms with Gasteiger partial charge in [-0.05, 0) is 52.2 Å². The first-order chi connectivity index (χ1) is 12.6. The van der Waals surface area contributed by atoms with Crippen molar-refractivity contribution in [3.63, 3.8) is 0 Å². The van der Waals surface area contributed by atoms with Gasteiger partial charge in [0.25, 0.3) is 0 Å². The summed E-state index contributed by atoms with van der Waals surface area (Å²) in [4.78, 5) is 25.5. The largest absolute Gasteiger partial charge is 0.497 e. The maximum atomic E-state index is 12.9. The van der Waals surface area contributed by atoms with E-state index in [4.69, 9.17) is 9.47 Å². The molecule has 3 rings (SSSR count). The van der Waals surface area contributed by atoms with Gasteiger partial charge in [0.2, 0.25) is 0 Å². The molecule has 4 nitrogen and oxygen atoms in total. The van der Waals surface area contributed by atoms with Gasteiger partial charge in [-0.15, -0.1) is 0 Å². The monoisotopic (exact) mass is 370 g/mol. The Morgan fingerprint density at radius 3 is 2.67 bits per heavy atom. The molecule has 0 aliphatic heterocycles. The first-order valence-corrected chi connectivity index (χ1v) is 9.75. The lowest BCUT2D eigenvalue weighted by atomic mass is 9.70. The van der Waals surface area contributed by atoms with E-state index in [1.807, 2.05) is 6.07 Å². The molecule has 0 radical (unpaired) electrons. The highest BCUT2D eigenvalue weighted by atomic mass is 16.5. The van der Waals surface area contributed by atoms with Crippen LogP contribution in [0, 0.1) is 5.41 Å². The van der Waals surface area contributed by atoms with Gasteiger partial charge in [0, 0.05) is 29.4 Å². The molecule has 1 saturated carbocycles. The summed E-state index contributed by atoms with van der Waals surface area (Å²) < 4.78 is 11.5. The number of ketones is 2. The molecule has 0 spiro atoms. The van der Waals surface area contributed by atoms with Gasteiger partial charge in [0.15, 0.2) is 11.6 Å². The molecule has 146 valence electrons. The number of hydrogen-bond acceptors (Lipinski definition) is 4. The summed E-state index contributed by atoms with van der Waals surface area (Å²) in [5, 5.41) is 0. The van der Waals surface area contributed by atoms with Crippen LogP contribution >= 0.6 is 0 Å². The fraction of sp³-hybridized carbons (Fsp3) is 0.565. The molecule has 0 N–H and O–H groups in total. The number of hydrogen-bond donors (Lipinski definition) is 0. The van der Waals surface area contributed by atoms with E-state index in [-0.39, 0.29) is 35.1 Å². The molecule has 4 heteroatoms. The lowest BCUT2D eigenvalue weighted by Crippen LogP contribution is -2.39. The molecular formula is C23H30O4. The number of carbonyl (C=O) groups is 2. The molecule has 0 bridgehead atoms. The molecule has 2 aliphatic carbocycles. The van der Waals surface area contributed by atoms with E-state index in [0.717, 1.165) is 30.4 Å². The molecule has 0 amide bonds. The Kier molecular flexibility index (Phi) is 5.31. The smallest absolute Gasteiger partial charge is 0.167 e. The molecule has 0 heterocycles. The zero-order valence-corrected chi connectivity index (χ0v) is 17.1. The van der Waals surface area contributed by atoms with Crippen molar-refractivity contribution in [3.8, 4) is 5.75 Å². The van der Waals surface area contributed by atoms with Crippen LogP contribution in [-0.2, 0) is 9.53 Å². The average molecular weight is 370 g/mol. The van der Waals surface area contributed by atoms with E-state index in [9.17, 15) is 9.59 Å². The molecule has 0 aromatic heterocycles.